The summed E-state index contributed by atoms with van der Waals surface area (Å²) in [7, 11) is 0. The number of aliphatic carboxylic acids is 1. The summed E-state index contributed by atoms with van der Waals surface area (Å²) < 4.78 is 5.53. The summed E-state index contributed by atoms with van der Waals surface area (Å²) in [6, 6.07) is 7.44. The van der Waals surface area contributed by atoms with E-state index in [2.05, 4.69) is 0 Å². The van der Waals surface area contributed by atoms with Gasteiger partial charge in [-0.05, 0) is 23.8 Å². The Morgan fingerprint density at radius 1 is 1.40 bits per heavy atom. The van der Waals surface area contributed by atoms with E-state index in [1.54, 1.807) is 6.07 Å². The first-order chi connectivity index (χ1) is 7.19. The predicted octanol–water partition coefficient (Wildman–Crippen LogP) is 2.62. The molecule has 0 fully saturated rings. The molecule has 0 unspecified atom stereocenters. The van der Waals surface area contributed by atoms with Gasteiger partial charge < -0.3 is 9.52 Å². The Hall–Kier alpha value is -1.77. The van der Waals surface area contributed by atoms with E-state index in [0.29, 0.717) is 0 Å². The molecule has 78 valence electrons. The topological polar surface area (TPSA) is 50.4 Å². The third kappa shape index (κ3) is 2.01. The van der Waals surface area contributed by atoms with E-state index in [1.165, 1.54) is 0 Å². The number of rotatable bonds is 3. The smallest absolute Gasteiger partial charge is 0.307 e. The van der Waals surface area contributed by atoms with Gasteiger partial charge in [0.05, 0.1) is 6.42 Å². The third-order valence-electron chi connectivity index (χ3n) is 2.34. The number of carboxylic acid groups (broad SMARTS) is 1. The zero-order valence-electron chi connectivity index (χ0n) is 8.49. The number of hydrogen-bond acceptors (Lipinski definition) is 2. The molecule has 0 radical (unpaired) electrons. The molecule has 1 heterocycles. The zero-order chi connectivity index (χ0) is 10.8. The van der Waals surface area contributed by atoms with Crippen molar-refractivity contribution in [3.63, 3.8) is 0 Å². The summed E-state index contributed by atoms with van der Waals surface area (Å²) in [5.74, 6) is 0.117. The van der Waals surface area contributed by atoms with Gasteiger partial charge in [-0.3, -0.25) is 4.79 Å². The number of carboxylic acids is 1. The maximum absolute atomic E-state index is 10.5. The van der Waals surface area contributed by atoms with Crippen molar-refractivity contribution in [2.45, 2.75) is 19.8 Å². The van der Waals surface area contributed by atoms with E-state index in [4.69, 9.17) is 9.52 Å². The van der Waals surface area contributed by atoms with Gasteiger partial charge in [-0.25, -0.2) is 0 Å². The Kier molecular flexibility index (Phi) is 2.46. The van der Waals surface area contributed by atoms with Crippen molar-refractivity contribution in [1.29, 1.82) is 0 Å². The molecule has 0 aliphatic rings. The fraction of sp³-hybridized carbons (Fsp3) is 0.250. The molecular formula is C12H12O3. The molecule has 0 spiro atoms. The van der Waals surface area contributed by atoms with Crippen molar-refractivity contribution in [3.8, 4) is 0 Å². The van der Waals surface area contributed by atoms with Gasteiger partial charge in [-0.2, -0.15) is 0 Å². The van der Waals surface area contributed by atoms with E-state index in [1.807, 2.05) is 25.1 Å². The minimum absolute atomic E-state index is 0.0581. The molecule has 1 N–H and O–H groups in total. The Balaban J connectivity index is 2.41. The Labute approximate surface area is 87.3 Å². The van der Waals surface area contributed by atoms with Crippen LogP contribution in [-0.2, 0) is 17.6 Å². The van der Waals surface area contributed by atoms with Crippen LogP contribution in [0.2, 0.25) is 0 Å². The Morgan fingerprint density at radius 2 is 2.20 bits per heavy atom. The standard InChI is InChI=1S/C12H12O3/c1-2-10-7-9-5-8(6-12(13)14)3-4-11(9)15-10/h3-5,7H,2,6H2,1H3,(H,13,14). The van der Waals surface area contributed by atoms with E-state index in [9.17, 15) is 4.79 Å². The van der Waals surface area contributed by atoms with Crippen LogP contribution in [0.25, 0.3) is 11.0 Å². The van der Waals surface area contributed by atoms with Gasteiger partial charge >= 0.3 is 5.97 Å². The molecule has 0 atom stereocenters. The molecule has 2 rings (SSSR count). The van der Waals surface area contributed by atoms with Gasteiger partial charge in [0.25, 0.3) is 0 Å². The van der Waals surface area contributed by atoms with Crippen LogP contribution in [0.15, 0.2) is 28.7 Å². The quantitative estimate of drug-likeness (QED) is 0.836. The van der Waals surface area contributed by atoms with E-state index in [-0.39, 0.29) is 6.42 Å². The lowest BCUT2D eigenvalue weighted by atomic mass is 10.1. The van der Waals surface area contributed by atoms with E-state index in [0.717, 1.165) is 28.7 Å². The minimum atomic E-state index is -0.812. The maximum Gasteiger partial charge on any atom is 0.307 e. The van der Waals surface area contributed by atoms with Crippen molar-refractivity contribution >= 4 is 16.9 Å². The molecule has 15 heavy (non-hydrogen) atoms. The monoisotopic (exact) mass is 204 g/mol. The number of benzene rings is 1. The summed E-state index contributed by atoms with van der Waals surface area (Å²) >= 11 is 0. The fourth-order valence-corrected chi connectivity index (χ4v) is 1.61. The zero-order valence-corrected chi connectivity index (χ0v) is 8.49. The van der Waals surface area contributed by atoms with Crippen LogP contribution in [0.1, 0.15) is 18.2 Å². The van der Waals surface area contributed by atoms with Crippen LogP contribution >= 0.6 is 0 Å². The molecule has 0 bridgehead atoms. The second kappa shape index (κ2) is 3.77. The third-order valence-corrected chi connectivity index (χ3v) is 2.34. The largest absolute Gasteiger partial charge is 0.481 e. The summed E-state index contributed by atoms with van der Waals surface area (Å²) in [6.45, 7) is 2.02. The van der Waals surface area contributed by atoms with E-state index >= 15 is 0 Å². The van der Waals surface area contributed by atoms with Gasteiger partial charge in [-0.1, -0.05) is 13.0 Å². The van der Waals surface area contributed by atoms with Gasteiger partial charge in [0.15, 0.2) is 0 Å². The van der Waals surface area contributed by atoms with E-state index < -0.39 is 5.97 Å². The van der Waals surface area contributed by atoms with Crippen LogP contribution in [-0.4, -0.2) is 11.1 Å². The highest BCUT2D eigenvalue weighted by atomic mass is 16.4. The number of carbonyl (C=O) groups is 1. The number of fused-ring (bicyclic) bond motifs is 1. The Bertz CT molecular complexity index is 497. The molecule has 1 aromatic carbocycles. The second-order valence-corrected chi connectivity index (χ2v) is 3.51. The second-order valence-electron chi connectivity index (χ2n) is 3.51. The molecule has 0 aliphatic heterocycles. The molecule has 0 amide bonds. The van der Waals surface area contributed by atoms with Gasteiger partial charge in [0.2, 0.25) is 0 Å². The van der Waals surface area contributed by atoms with Crippen molar-refractivity contribution in [3.05, 3.63) is 35.6 Å². The highest BCUT2D eigenvalue weighted by molar-refractivity contribution is 5.80. The lowest BCUT2D eigenvalue weighted by Crippen LogP contribution is -1.99. The number of furan rings is 1. The maximum atomic E-state index is 10.5. The SMILES string of the molecule is CCc1cc2cc(CC(=O)O)ccc2o1. The van der Waals surface area contributed by atoms with Crippen LogP contribution in [0, 0.1) is 0 Å². The highest BCUT2D eigenvalue weighted by Gasteiger charge is 2.05. The van der Waals surface area contributed by atoms with Crippen LogP contribution in [0.4, 0.5) is 0 Å². The fourth-order valence-electron chi connectivity index (χ4n) is 1.61. The molecule has 0 saturated heterocycles. The summed E-state index contributed by atoms with van der Waals surface area (Å²) in [5, 5.41) is 9.64. The lowest BCUT2D eigenvalue weighted by Gasteiger charge is -1.95. The molecule has 0 aliphatic carbocycles. The van der Waals surface area contributed by atoms with Crippen molar-refractivity contribution in [1.82, 2.24) is 0 Å². The van der Waals surface area contributed by atoms with Crippen molar-refractivity contribution < 1.29 is 14.3 Å². The minimum Gasteiger partial charge on any atom is -0.481 e. The average molecular weight is 204 g/mol. The normalized spacial score (nSPS) is 10.7. The summed E-state index contributed by atoms with van der Waals surface area (Å²) in [5.41, 5.74) is 1.62. The molecule has 3 nitrogen and oxygen atoms in total. The van der Waals surface area contributed by atoms with Crippen LogP contribution in [0.3, 0.4) is 0 Å². The summed E-state index contributed by atoms with van der Waals surface area (Å²) in [6.07, 6.45) is 0.908. The first kappa shape index (κ1) is 9.77. The van der Waals surface area contributed by atoms with Crippen LogP contribution in [0.5, 0.6) is 0 Å². The number of aryl methyl sites for hydroxylation is 1. The molecule has 0 saturated carbocycles. The Morgan fingerprint density at radius 3 is 2.87 bits per heavy atom. The molecule has 2 aromatic rings. The average Bonchev–Trinajstić information content (AvgIpc) is 2.58. The first-order valence-corrected chi connectivity index (χ1v) is 4.92. The molecule has 1 aromatic heterocycles. The highest BCUT2D eigenvalue weighted by Crippen LogP contribution is 2.21. The number of hydrogen-bond donors (Lipinski definition) is 1. The van der Waals surface area contributed by atoms with Crippen molar-refractivity contribution in [2.24, 2.45) is 0 Å². The van der Waals surface area contributed by atoms with Gasteiger partial charge in [0, 0.05) is 11.8 Å². The predicted molar refractivity (Wildman–Crippen MR) is 56.9 cm³/mol. The first-order valence-electron chi connectivity index (χ1n) is 4.92. The molecule has 3 heteroatoms. The lowest BCUT2D eigenvalue weighted by molar-refractivity contribution is -0.136. The van der Waals surface area contributed by atoms with Gasteiger partial charge in [0.1, 0.15) is 11.3 Å². The van der Waals surface area contributed by atoms with Crippen molar-refractivity contribution in [2.75, 3.05) is 0 Å². The summed E-state index contributed by atoms with van der Waals surface area (Å²) in [4.78, 5) is 10.5. The van der Waals surface area contributed by atoms with Crippen LogP contribution < -0.4 is 0 Å². The van der Waals surface area contributed by atoms with Gasteiger partial charge in [-0.15, -0.1) is 0 Å². The molecular weight excluding hydrogens is 192 g/mol.